The Balaban J connectivity index is 2.12. The fraction of sp³-hybridized carbons (Fsp3) is 0.167. The molecule has 3 rings (SSSR count). The van der Waals surface area contributed by atoms with Gasteiger partial charge in [0, 0.05) is 42.3 Å². The molecule has 0 aliphatic rings. The van der Waals surface area contributed by atoms with E-state index in [2.05, 4.69) is 15.0 Å². The number of primary amides is 1. The van der Waals surface area contributed by atoms with Crippen molar-refractivity contribution < 1.29 is 9.53 Å². The maximum atomic E-state index is 11.9. The fourth-order valence-electron chi connectivity index (χ4n) is 2.44. The molecule has 0 atom stereocenters. The van der Waals surface area contributed by atoms with Crippen LogP contribution in [0.4, 0.5) is 0 Å². The summed E-state index contributed by atoms with van der Waals surface area (Å²) < 4.78 is 7.16. The van der Waals surface area contributed by atoms with Crippen LogP contribution in [-0.4, -0.2) is 25.4 Å². The van der Waals surface area contributed by atoms with Crippen molar-refractivity contribution in [1.29, 1.82) is 0 Å². The van der Waals surface area contributed by atoms with E-state index in [0.717, 1.165) is 5.56 Å². The molecule has 0 unspecified atom stereocenters. The zero-order valence-electron chi connectivity index (χ0n) is 14.6. The Labute approximate surface area is 149 Å². The normalized spacial score (nSPS) is 10.6. The first kappa shape index (κ1) is 17.3. The van der Waals surface area contributed by atoms with Gasteiger partial charge in [0.1, 0.15) is 11.4 Å². The predicted octanol–water partition coefficient (Wildman–Crippen LogP) is 1.75. The highest BCUT2D eigenvalue weighted by Gasteiger charge is 2.14. The van der Waals surface area contributed by atoms with Crippen molar-refractivity contribution >= 4 is 5.91 Å². The molecule has 26 heavy (non-hydrogen) atoms. The molecular formula is C18H17N5O3. The molecule has 3 aromatic rings. The Morgan fingerprint density at radius 1 is 1.19 bits per heavy atom. The van der Waals surface area contributed by atoms with Gasteiger partial charge in [0.25, 0.3) is 11.5 Å². The SMILES string of the molecule is Cc1cnccc1Oc1nc(C(N)=O)cc(-c2cc(C)c(=O)n(C)c2)n1. The first-order chi connectivity index (χ1) is 12.3. The topological polar surface area (TPSA) is 113 Å². The van der Waals surface area contributed by atoms with Crippen molar-refractivity contribution in [2.75, 3.05) is 0 Å². The summed E-state index contributed by atoms with van der Waals surface area (Å²) in [5.41, 5.74) is 7.71. The molecular weight excluding hydrogens is 334 g/mol. The molecule has 0 bridgehead atoms. The minimum Gasteiger partial charge on any atom is -0.424 e. The van der Waals surface area contributed by atoms with Crippen LogP contribution in [0.1, 0.15) is 21.6 Å². The van der Waals surface area contributed by atoms with Gasteiger partial charge in [0.05, 0.1) is 5.69 Å². The van der Waals surface area contributed by atoms with E-state index in [1.54, 1.807) is 44.7 Å². The summed E-state index contributed by atoms with van der Waals surface area (Å²) in [6, 6.07) is 4.81. The Bertz CT molecular complexity index is 1030. The number of nitrogens with two attached hydrogens (primary N) is 1. The molecule has 0 radical (unpaired) electrons. The van der Waals surface area contributed by atoms with Gasteiger partial charge in [-0.1, -0.05) is 0 Å². The number of ether oxygens (including phenoxy) is 1. The molecule has 0 aliphatic heterocycles. The third kappa shape index (κ3) is 3.44. The smallest absolute Gasteiger partial charge is 0.323 e. The molecule has 0 spiro atoms. The van der Waals surface area contributed by atoms with Gasteiger partial charge < -0.3 is 15.0 Å². The maximum Gasteiger partial charge on any atom is 0.323 e. The number of carbonyl (C=O) groups excluding carboxylic acids is 1. The van der Waals surface area contributed by atoms with Crippen molar-refractivity contribution in [3.63, 3.8) is 0 Å². The number of nitrogens with zero attached hydrogens (tertiary/aromatic N) is 4. The highest BCUT2D eigenvalue weighted by atomic mass is 16.5. The summed E-state index contributed by atoms with van der Waals surface area (Å²) in [7, 11) is 1.65. The number of pyridine rings is 2. The molecule has 0 aliphatic carbocycles. The summed E-state index contributed by atoms with van der Waals surface area (Å²) in [4.78, 5) is 36.0. The monoisotopic (exact) mass is 351 g/mol. The van der Waals surface area contributed by atoms with Gasteiger partial charge in [0.15, 0.2) is 0 Å². The first-order valence-corrected chi connectivity index (χ1v) is 7.80. The van der Waals surface area contributed by atoms with E-state index in [-0.39, 0.29) is 17.3 Å². The second kappa shape index (κ2) is 6.75. The minimum atomic E-state index is -0.702. The van der Waals surface area contributed by atoms with E-state index in [1.165, 1.54) is 10.6 Å². The van der Waals surface area contributed by atoms with Crippen LogP contribution in [0.5, 0.6) is 11.8 Å². The van der Waals surface area contributed by atoms with Crippen LogP contribution in [0, 0.1) is 13.8 Å². The van der Waals surface area contributed by atoms with Gasteiger partial charge in [-0.05, 0) is 32.0 Å². The average molecular weight is 351 g/mol. The molecule has 0 saturated heterocycles. The van der Waals surface area contributed by atoms with E-state index in [4.69, 9.17) is 10.5 Å². The Morgan fingerprint density at radius 2 is 1.96 bits per heavy atom. The van der Waals surface area contributed by atoms with Crippen molar-refractivity contribution in [3.8, 4) is 23.0 Å². The lowest BCUT2D eigenvalue weighted by molar-refractivity contribution is 0.0994. The maximum absolute atomic E-state index is 11.9. The molecule has 1 amide bonds. The highest BCUT2D eigenvalue weighted by molar-refractivity contribution is 5.91. The first-order valence-electron chi connectivity index (χ1n) is 7.80. The second-order valence-corrected chi connectivity index (χ2v) is 5.86. The largest absolute Gasteiger partial charge is 0.424 e. The second-order valence-electron chi connectivity index (χ2n) is 5.86. The number of carbonyl (C=O) groups is 1. The number of rotatable bonds is 4. The van der Waals surface area contributed by atoms with E-state index < -0.39 is 5.91 Å². The molecule has 3 heterocycles. The highest BCUT2D eigenvalue weighted by Crippen LogP contribution is 2.25. The molecule has 0 fully saturated rings. The Hall–Kier alpha value is -3.55. The fourth-order valence-corrected chi connectivity index (χ4v) is 2.44. The van der Waals surface area contributed by atoms with Crippen LogP contribution in [0.3, 0.4) is 0 Å². The molecule has 8 heteroatoms. The summed E-state index contributed by atoms with van der Waals surface area (Å²) in [5, 5.41) is 0. The van der Waals surface area contributed by atoms with Crippen LogP contribution < -0.4 is 16.0 Å². The Kier molecular flexibility index (Phi) is 4.49. The van der Waals surface area contributed by atoms with E-state index in [1.807, 2.05) is 6.92 Å². The van der Waals surface area contributed by atoms with Crippen LogP contribution in [0.25, 0.3) is 11.3 Å². The van der Waals surface area contributed by atoms with Gasteiger partial charge in [-0.25, -0.2) is 0 Å². The van der Waals surface area contributed by atoms with Gasteiger partial charge in [-0.3, -0.25) is 14.6 Å². The van der Waals surface area contributed by atoms with Crippen molar-refractivity contribution in [1.82, 2.24) is 19.5 Å². The molecule has 0 saturated carbocycles. The molecule has 2 N–H and O–H groups in total. The number of aryl methyl sites for hydroxylation is 3. The average Bonchev–Trinajstić information content (AvgIpc) is 2.61. The van der Waals surface area contributed by atoms with Crippen molar-refractivity contribution in [3.05, 3.63) is 64.0 Å². The predicted molar refractivity (Wildman–Crippen MR) is 95.0 cm³/mol. The number of amides is 1. The summed E-state index contributed by atoms with van der Waals surface area (Å²) >= 11 is 0. The molecule has 132 valence electrons. The number of hydrogen-bond donors (Lipinski definition) is 1. The van der Waals surface area contributed by atoms with Crippen LogP contribution in [0.2, 0.25) is 0 Å². The summed E-state index contributed by atoms with van der Waals surface area (Å²) in [5.74, 6) is -0.185. The Morgan fingerprint density at radius 3 is 2.62 bits per heavy atom. The van der Waals surface area contributed by atoms with E-state index >= 15 is 0 Å². The van der Waals surface area contributed by atoms with Gasteiger partial charge >= 0.3 is 6.01 Å². The zero-order valence-corrected chi connectivity index (χ0v) is 14.6. The number of aromatic nitrogens is 4. The minimum absolute atomic E-state index is 0.0166. The van der Waals surface area contributed by atoms with Crippen molar-refractivity contribution in [2.24, 2.45) is 12.8 Å². The molecule has 8 nitrogen and oxygen atoms in total. The molecule has 0 aromatic carbocycles. The van der Waals surface area contributed by atoms with Crippen LogP contribution in [0.15, 0.2) is 41.6 Å². The third-order valence-corrected chi connectivity index (χ3v) is 3.79. The van der Waals surface area contributed by atoms with Gasteiger partial charge in [-0.2, -0.15) is 9.97 Å². The lowest BCUT2D eigenvalue weighted by Gasteiger charge is -2.10. The summed E-state index contributed by atoms with van der Waals surface area (Å²) in [6.45, 7) is 3.54. The molecule has 3 aromatic heterocycles. The number of hydrogen-bond acceptors (Lipinski definition) is 6. The van der Waals surface area contributed by atoms with Crippen LogP contribution >= 0.6 is 0 Å². The lowest BCUT2D eigenvalue weighted by Crippen LogP contribution is -2.19. The quantitative estimate of drug-likeness (QED) is 0.766. The van der Waals surface area contributed by atoms with E-state index in [9.17, 15) is 9.59 Å². The third-order valence-electron chi connectivity index (χ3n) is 3.79. The van der Waals surface area contributed by atoms with E-state index in [0.29, 0.717) is 22.6 Å². The van der Waals surface area contributed by atoms with Gasteiger partial charge in [0.2, 0.25) is 0 Å². The zero-order chi connectivity index (χ0) is 18.8. The summed E-state index contributed by atoms with van der Waals surface area (Å²) in [6.07, 6.45) is 4.85. The van der Waals surface area contributed by atoms with Gasteiger partial charge in [-0.15, -0.1) is 0 Å². The lowest BCUT2D eigenvalue weighted by atomic mass is 10.1. The van der Waals surface area contributed by atoms with Crippen molar-refractivity contribution in [2.45, 2.75) is 13.8 Å². The van der Waals surface area contributed by atoms with Crippen LogP contribution in [-0.2, 0) is 7.05 Å². The standard InChI is InChI=1S/C18H17N5O3/c1-10-6-12(9-23(3)17(10)25)13-7-14(16(19)24)22-18(21-13)26-15-4-5-20-8-11(15)2/h4-9H,1-3H3,(H2,19,24).